The summed E-state index contributed by atoms with van der Waals surface area (Å²) in [5, 5.41) is 14.5. The number of nitrogens with one attached hydrogen (secondary N) is 2. The van der Waals surface area contributed by atoms with Gasteiger partial charge in [0.2, 0.25) is 5.91 Å². The number of hydrogen-bond acceptors (Lipinski definition) is 8. The molecule has 0 radical (unpaired) electrons. The number of carbonyl (C=O) groups excluding carboxylic acids is 3. The molecule has 2 amide bonds. The number of unbranched alkanes of at least 4 members (excludes halogenated alkanes) is 1. The van der Waals surface area contributed by atoms with Gasteiger partial charge >= 0.3 is 11.9 Å². The normalized spacial score (nSPS) is 13.0. The molecule has 2 aromatic rings. The summed E-state index contributed by atoms with van der Waals surface area (Å²) < 4.78 is 4.90. The van der Waals surface area contributed by atoms with E-state index in [1.807, 2.05) is 37.3 Å². The molecule has 0 atom stereocenters. The minimum atomic E-state index is -0.693. The summed E-state index contributed by atoms with van der Waals surface area (Å²) in [6.45, 7) is 6.60. The average Bonchev–Trinajstić information content (AvgIpc) is 3.35. The molecule has 1 fully saturated rings. The molecule has 1 aromatic carbocycles. The van der Waals surface area contributed by atoms with Crippen LogP contribution >= 0.6 is 11.3 Å². The van der Waals surface area contributed by atoms with E-state index in [1.165, 1.54) is 23.5 Å². The van der Waals surface area contributed by atoms with E-state index in [1.54, 1.807) is 11.8 Å². The molecule has 1 aliphatic heterocycles. The summed E-state index contributed by atoms with van der Waals surface area (Å²) in [6.07, 6.45) is 4.88. The van der Waals surface area contributed by atoms with E-state index in [2.05, 4.69) is 15.6 Å². The van der Waals surface area contributed by atoms with Crippen LogP contribution in [0.1, 0.15) is 48.5 Å². The lowest BCUT2D eigenvalue weighted by Crippen LogP contribution is -2.49. The van der Waals surface area contributed by atoms with Crippen molar-refractivity contribution in [2.75, 3.05) is 39.3 Å². The van der Waals surface area contributed by atoms with Gasteiger partial charge in [-0.15, -0.1) is 11.3 Å². The van der Waals surface area contributed by atoms with Gasteiger partial charge in [-0.25, -0.2) is 9.78 Å². The van der Waals surface area contributed by atoms with Crippen molar-refractivity contribution >= 4 is 41.2 Å². The summed E-state index contributed by atoms with van der Waals surface area (Å²) in [4.78, 5) is 53.2. The number of aromatic nitrogens is 1. The molecule has 2 heterocycles. The number of piperazine rings is 1. The van der Waals surface area contributed by atoms with Crippen molar-refractivity contribution in [3.8, 4) is 10.6 Å². The lowest BCUT2D eigenvalue weighted by atomic mass is 10.2. The monoisotopic (exact) mass is 530 g/mol. The standard InChI is InChI=1S/C21H24N4O4S.C5H10O2/c1-2-29-18(27)9-8-16-19(24-21(30-16)15-6-4-3-5-7-15)20(28)23-14-17(26)25-12-10-22-11-13-25;1-2-3-4-5(6)7/h3-9,22H,2,10-14H2,1H3,(H,23,28);2-4H2,1H3,(H,6,7)/b9-8+;. The molecule has 11 heteroatoms. The van der Waals surface area contributed by atoms with Crippen LogP contribution < -0.4 is 10.6 Å². The van der Waals surface area contributed by atoms with Gasteiger partial charge in [-0.05, 0) is 19.4 Å². The van der Waals surface area contributed by atoms with E-state index in [4.69, 9.17) is 9.84 Å². The van der Waals surface area contributed by atoms with Crippen LogP contribution in [0.15, 0.2) is 36.4 Å². The Morgan fingerprint density at radius 2 is 1.86 bits per heavy atom. The molecule has 0 aliphatic carbocycles. The largest absolute Gasteiger partial charge is 0.481 e. The van der Waals surface area contributed by atoms with Gasteiger partial charge in [0.1, 0.15) is 10.7 Å². The summed E-state index contributed by atoms with van der Waals surface area (Å²) in [5.41, 5.74) is 1.04. The number of carbonyl (C=O) groups is 4. The smallest absolute Gasteiger partial charge is 0.330 e. The van der Waals surface area contributed by atoms with E-state index in [9.17, 15) is 19.2 Å². The van der Waals surface area contributed by atoms with Crippen molar-refractivity contribution in [3.63, 3.8) is 0 Å². The lowest BCUT2D eigenvalue weighted by molar-refractivity contribution is -0.138. The van der Waals surface area contributed by atoms with Gasteiger partial charge in [-0.3, -0.25) is 14.4 Å². The third kappa shape index (κ3) is 10.5. The SMILES string of the molecule is CCCCC(=O)O.CCOC(=O)/C=C/c1sc(-c2ccccc2)nc1C(=O)NCC(=O)N1CCNCC1. The molecule has 1 saturated heterocycles. The number of amides is 2. The molecule has 0 unspecified atom stereocenters. The van der Waals surface area contributed by atoms with Crippen LogP contribution in [0.3, 0.4) is 0 Å². The number of thiazole rings is 1. The molecule has 1 aliphatic rings. The van der Waals surface area contributed by atoms with Crippen LogP contribution in [0.5, 0.6) is 0 Å². The number of esters is 1. The topological polar surface area (TPSA) is 138 Å². The van der Waals surface area contributed by atoms with Gasteiger partial charge in [0, 0.05) is 44.2 Å². The minimum Gasteiger partial charge on any atom is -0.481 e. The highest BCUT2D eigenvalue weighted by Gasteiger charge is 2.21. The van der Waals surface area contributed by atoms with Crippen molar-refractivity contribution < 1.29 is 29.0 Å². The molecule has 1 aromatic heterocycles. The van der Waals surface area contributed by atoms with E-state index < -0.39 is 17.8 Å². The van der Waals surface area contributed by atoms with Crippen LogP contribution in [-0.4, -0.2) is 78.1 Å². The number of aliphatic carboxylic acids is 1. The number of benzene rings is 1. The van der Waals surface area contributed by atoms with Crippen LogP contribution in [0, 0.1) is 0 Å². The highest BCUT2D eigenvalue weighted by Crippen LogP contribution is 2.29. The summed E-state index contributed by atoms with van der Waals surface area (Å²) >= 11 is 1.29. The second kappa shape index (κ2) is 16.2. The first-order chi connectivity index (χ1) is 17.8. The fourth-order valence-electron chi connectivity index (χ4n) is 3.24. The van der Waals surface area contributed by atoms with E-state index in [-0.39, 0.29) is 24.8 Å². The Bertz CT molecular complexity index is 1060. The fourth-order valence-corrected chi connectivity index (χ4v) is 4.21. The van der Waals surface area contributed by atoms with Crippen LogP contribution in [0.4, 0.5) is 0 Å². The zero-order valence-corrected chi connectivity index (χ0v) is 22.0. The molecule has 3 N–H and O–H groups in total. The molecule has 0 saturated carbocycles. The Morgan fingerprint density at radius 3 is 2.46 bits per heavy atom. The molecule has 3 rings (SSSR count). The number of rotatable bonds is 10. The van der Waals surface area contributed by atoms with Crippen molar-refractivity contribution in [1.29, 1.82) is 0 Å². The first-order valence-electron chi connectivity index (χ1n) is 12.2. The maximum Gasteiger partial charge on any atom is 0.330 e. The average molecular weight is 531 g/mol. The fraction of sp³-hybridized carbons (Fsp3) is 0.423. The predicted molar refractivity (Wildman–Crippen MR) is 142 cm³/mol. The molecule has 200 valence electrons. The molecule has 10 nitrogen and oxygen atoms in total. The maximum atomic E-state index is 12.8. The minimum absolute atomic E-state index is 0.0991. The van der Waals surface area contributed by atoms with Gasteiger partial charge in [0.05, 0.1) is 18.0 Å². The van der Waals surface area contributed by atoms with E-state index in [0.29, 0.717) is 29.4 Å². The lowest BCUT2D eigenvalue weighted by Gasteiger charge is -2.27. The Hall–Kier alpha value is -3.57. The number of nitrogens with zero attached hydrogens (tertiary/aromatic N) is 2. The second-order valence-electron chi connectivity index (χ2n) is 7.99. The second-order valence-corrected chi connectivity index (χ2v) is 9.02. The molecular weight excluding hydrogens is 496 g/mol. The Labute approximate surface area is 220 Å². The summed E-state index contributed by atoms with van der Waals surface area (Å²) in [5.74, 6) is -1.78. The van der Waals surface area contributed by atoms with Gasteiger partial charge in [-0.2, -0.15) is 0 Å². The third-order valence-electron chi connectivity index (χ3n) is 5.16. The number of hydrogen-bond donors (Lipinski definition) is 3. The Morgan fingerprint density at radius 1 is 1.16 bits per heavy atom. The van der Waals surface area contributed by atoms with E-state index in [0.717, 1.165) is 31.5 Å². The molecular formula is C26H34N4O6S. The Kier molecular flexibility index (Phi) is 13.0. The van der Waals surface area contributed by atoms with Gasteiger partial charge < -0.3 is 25.4 Å². The van der Waals surface area contributed by atoms with Crippen molar-refractivity contribution in [2.24, 2.45) is 0 Å². The summed E-state index contributed by atoms with van der Waals surface area (Å²) in [6, 6.07) is 9.46. The first-order valence-corrected chi connectivity index (χ1v) is 13.1. The number of carboxylic acid groups (broad SMARTS) is 1. The van der Waals surface area contributed by atoms with Gasteiger partial charge in [0.25, 0.3) is 5.91 Å². The van der Waals surface area contributed by atoms with Crippen LogP contribution in [0.25, 0.3) is 16.6 Å². The zero-order chi connectivity index (χ0) is 27.0. The molecule has 0 spiro atoms. The number of carboxylic acids is 1. The molecule has 37 heavy (non-hydrogen) atoms. The highest BCUT2D eigenvalue weighted by atomic mass is 32.1. The van der Waals surface area contributed by atoms with Crippen molar-refractivity contribution in [1.82, 2.24) is 20.5 Å². The predicted octanol–water partition coefficient (Wildman–Crippen LogP) is 2.81. The quantitative estimate of drug-likeness (QED) is 0.315. The maximum absolute atomic E-state index is 12.8. The van der Waals surface area contributed by atoms with E-state index >= 15 is 0 Å². The van der Waals surface area contributed by atoms with Gasteiger partial charge in [0.15, 0.2) is 0 Å². The molecule has 0 bridgehead atoms. The van der Waals surface area contributed by atoms with Crippen molar-refractivity contribution in [3.05, 3.63) is 47.0 Å². The van der Waals surface area contributed by atoms with Crippen molar-refractivity contribution in [2.45, 2.75) is 33.1 Å². The van der Waals surface area contributed by atoms with Crippen LogP contribution in [0.2, 0.25) is 0 Å². The highest BCUT2D eigenvalue weighted by molar-refractivity contribution is 7.16. The Balaban J connectivity index is 0.000000604. The number of ether oxygens (including phenoxy) is 1. The van der Waals surface area contributed by atoms with Gasteiger partial charge in [-0.1, -0.05) is 43.7 Å². The summed E-state index contributed by atoms with van der Waals surface area (Å²) in [7, 11) is 0. The first kappa shape index (κ1) is 29.7. The third-order valence-corrected chi connectivity index (χ3v) is 6.23. The zero-order valence-electron chi connectivity index (χ0n) is 21.2. The van der Waals surface area contributed by atoms with Crippen LogP contribution in [-0.2, 0) is 19.1 Å².